The highest BCUT2D eigenvalue weighted by Crippen LogP contribution is 2.30. The Morgan fingerprint density at radius 3 is 2.48 bits per heavy atom. The Bertz CT molecular complexity index is 675. The second-order valence-electron chi connectivity index (χ2n) is 7.54. The molecule has 2 rings (SSSR count). The summed E-state index contributed by atoms with van der Waals surface area (Å²) in [6.45, 7) is 2.36. The van der Waals surface area contributed by atoms with Crippen molar-refractivity contribution in [3.8, 4) is 5.75 Å². The molecule has 0 radical (unpaired) electrons. The molecular weight excluding hydrogens is 368 g/mol. The van der Waals surface area contributed by atoms with Gasteiger partial charge in [-0.3, -0.25) is 9.69 Å². The van der Waals surface area contributed by atoms with Crippen molar-refractivity contribution >= 4 is 23.8 Å². The van der Waals surface area contributed by atoms with Crippen LogP contribution in [0, 0.1) is 5.92 Å². The van der Waals surface area contributed by atoms with Crippen LogP contribution in [0.5, 0.6) is 5.75 Å². The van der Waals surface area contributed by atoms with E-state index in [4.69, 9.17) is 4.74 Å². The maximum absolute atomic E-state index is 12.4. The molecule has 1 fully saturated rings. The number of nitrogens with zero attached hydrogens (tertiary/aromatic N) is 2. The van der Waals surface area contributed by atoms with Crippen LogP contribution in [0.15, 0.2) is 29.2 Å². The summed E-state index contributed by atoms with van der Waals surface area (Å²) in [5, 5.41) is 19.9. The van der Waals surface area contributed by atoms with E-state index in [1.165, 1.54) is 11.8 Å². The second kappa shape index (κ2) is 8.50. The van der Waals surface area contributed by atoms with Gasteiger partial charge in [-0.25, -0.2) is 9.28 Å². The maximum Gasteiger partial charge on any atom is 0.421 e. The number of carbonyl (C=O) groups is 2. The topological polar surface area (TPSA) is 87.1 Å². The van der Waals surface area contributed by atoms with E-state index >= 15 is 0 Å². The van der Waals surface area contributed by atoms with Crippen molar-refractivity contribution in [3.05, 3.63) is 24.3 Å². The number of ether oxygens (including phenoxy) is 1. The van der Waals surface area contributed by atoms with Gasteiger partial charge in [0.1, 0.15) is 12.3 Å². The van der Waals surface area contributed by atoms with Crippen LogP contribution in [-0.2, 0) is 4.79 Å². The average molecular weight is 398 g/mol. The minimum absolute atomic E-state index is 0.108. The standard InChI is InChI=1S/C19H28N2O5S/c1-19(25)13-20(18(24)21(19,2)3)11-5-6-14(17(22)23)12-27-16-9-7-15(26-4)8-10-16/h7-10,14,25H,5-6,11-13H2,1-4H3/p+1. The summed E-state index contributed by atoms with van der Waals surface area (Å²) in [7, 11) is 4.98. The Morgan fingerprint density at radius 2 is 2.00 bits per heavy atom. The number of benzene rings is 1. The maximum atomic E-state index is 12.4. The van der Waals surface area contributed by atoms with Gasteiger partial charge in [-0.1, -0.05) is 0 Å². The molecular formula is C19H29N2O5S+. The van der Waals surface area contributed by atoms with Crippen molar-refractivity contribution < 1.29 is 29.0 Å². The number of amides is 2. The van der Waals surface area contributed by atoms with Gasteiger partial charge in [0.2, 0.25) is 5.72 Å². The lowest BCUT2D eigenvalue weighted by molar-refractivity contribution is -0.881. The summed E-state index contributed by atoms with van der Waals surface area (Å²) >= 11 is 1.50. The molecule has 0 aromatic heterocycles. The number of thioether (sulfide) groups is 1. The quantitative estimate of drug-likeness (QED) is 0.492. The summed E-state index contributed by atoms with van der Waals surface area (Å²) in [6, 6.07) is 7.38. The van der Waals surface area contributed by atoms with Gasteiger partial charge in [-0.05, 0) is 37.1 Å². The summed E-state index contributed by atoms with van der Waals surface area (Å²) in [5.41, 5.74) is -1.13. The average Bonchev–Trinajstić information content (AvgIpc) is 2.77. The molecule has 8 heteroatoms. The third-order valence-corrected chi connectivity index (χ3v) is 6.46. The van der Waals surface area contributed by atoms with Crippen LogP contribution in [0.1, 0.15) is 19.8 Å². The van der Waals surface area contributed by atoms with Crippen molar-refractivity contribution in [1.29, 1.82) is 0 Å². The predicted molar refractivity (Wildman–Crippen MR) is 104 cm³/mol. The van der Waals surface area contributed by atoms with Crippen LogP contribution >= 0.6 is 11.8 Å². The van der Waals surface area contributed by atoms with E-state index < -0.39 is 17.6 Å². The molecule has 1 aromatic carbocycles. The Balaban J connectivity index is 1.84. The first-order valence-corrected chi connectivity index (χ1v) is 9.92. The highest BCUT2D eigenvalue weighted by molar-refractivity contribution is 7.99. The van der Waals surface area contributed by atoms with Crippen LogP contribution in [0.25, 0.3) is 0 Å². The number of methoxy groups -OCH3 is 1. The van der Waals surface area contributed by atoms with Gasteiger partial charge in [0.15, 0.2) is 0 Å². The number of aliphatic carboxylic acids is 1. The zero-order chi connectivity index (χ0) is 20.2. The summed E-state index contributed by atoms with van der Waals surface area (Å²) in [6.07, 6.45) is 1.07. The fraction of sp³-hybridized carbons (Fsp3) is 0.579. The summed E-state index contributed by atoms with van der Waals surface area (Å²) < 4.78 is 5.01. The van der Waals surface area contributed by atoms with E-state index in [0.717, 1.165) is 10.6 Å². The van der Waals surface area contributed by atoms with Crippen molar-refractivity contribution in [2.45, 2.75) is 30.4 Å². The highest BCUT2D eigenvalue weighted by Gasteiger charge is 2.55. The molecule has 7 nitrogen and oxygen atoms in total. The molecule has 1 saturated heterocycles. The molecule has 1 aromatic rings. The van der Waals surface area contributed by atoms with Crippen molar-refractivity contribution in [3.63, 3.8) is 0 Å². The van der Waals surface area contributed by atoms with Crippen LogP contribution in [0.3, 0.4) is 0 Å². The first kappa shape index (κ1) is 21.5. The molecule has 1 heterocycles. The third kappa shape index (κ3) is 4.94. The Kier molecular flexibility index (Phi) is 6.77. The summed E-state index contributed by atoms with van der Waals surface area (Å²) in [5.74, 6) is -0.0826. The molecule has 150 valence electrons. The molecule has 0 aliphatic carbocycles. The Morgan fingerprint density at radius 1 is 1.37 bits per heavy atom. The molecule has 2 unspecified atom stereocenters. The van der Waals surface area contributed by atoms with E-state index in [1.807, 2.05) is 24.3 Å². The lowest BCUT2D eigenvalue weighted by Gasteiger charge is -2.31. The van der Waals surface area contributed by atoms with Gasteiger partial charge in [0.25, 0.3) is 0 Å². The smallest absolute Gasteiger partial charge is 0.421 e. The van der Waals surface area contributed by atoms with Gasteiger partial charge in [0.05, 0.1) is 27.1 Å². The zero-order valence-corrected chi connectivity index (χ0v) is 17.2. The van der Waals surface area contributed by atoms with Gasteiger partial charge >= 0.3 is 12.0 Å². The molecule has 2 atom stereocenters. The number of carbonyl (C=O) groups excluding carboxylic acids is 1. The molecule has 0 bridgehead atoms. The summed E-state index contributed by atoms with van der Waals surface area (Å²) in [4.78, 5) is 26.6. The second-order valence-corrected chi connectivity index (χ2v) is 8.63. The van der Waals surface area contributed by atoms with E-state index in [9.17, 15) is 19.8 Å². The minimum Gasteiger partial charge on any atom is -0.497 e. The van der Waals surface area contributed by atoms with E-state index in [0.29, 0.717) is 25.1 Å². The van der Waals surface area contributed by atoms with Crippen molar-refractivity contribution in [1.82, 2.24) is 4.90 Å². The van der Waals surface area contributed by atoms with E-state index in [1.54, 1.807) is 33.0 Å². The van der Waals surface area contributed by atoms with Crippen molar-refractivity contribution in [2.75, 3.05) is 40.0 Å². The number of aliphatic hydroxyl groups is 1. The van der Waals surface area contributed by atoms with Crippen LogP contribution < -0.4 is 4.74 Å². The van der Waals surface area contributed by atoms with Crippen LogP contribution in [0.2, 0.25) is 0 Å². The Labute approximate surface area is 164 Å². The first-order valence-electron chi connectivity index (χ1n) is 8.94. The number of likely N-dealkylation sites (N-methyl/N-ethyl adjacent to an activating group) is 1. The van der Waals surface area contributed by atoms with Gasteiger partial charge in [-0.15, -0.1) is 11.8 Å². The molecule has 1 aliphatic rings. The molecule has 2 amide bonds. The fourth-order valence-corrected chi connectivity index (χ4v) is 4.05. The number of β-amino-alcohol motifs (C(OH)–C–C–N with tert-alkyl or cyclic N) is 1. The monoisotopic (exact) mass is 397 g/mol. The lowest BCUT2D eigenvalue weighted by Crippen LogP contribution is -2.56. The number of quaternary nitrogens is 1. The van der Waals surface area contributed by atoms with Crippen LogP contribution in [0.4, 0.5) is 4.79 Å². The van der Waals surface area contributed by atoms with Gasteiger partial charge in [-0.2, -0.15) is 0 Å². The van der Waals surface area contributed by atoms with Crippen LogP contribution in [-0.4, -0.2) is 77.4 Å². The lowest BCUT2D eigenvalue weighted by atomic mass is 10.1. The van der Waals surface area contributed by atoms with Gasteiger partial charge in [0, 0.05) is 24.1 Å². The molecule has 0 saturated carbocycles. The number of urea groups is 1. The molecule has 1 aliphatic heterocycles. The fourth-order valence-electron chi connectivity index (χ4n) is 3.02. The van der Waals surface area contributed by atoms with E-state index in [2.05, 4.69) is 0 Å². The van der Waals surface area contributed by atoms with Crippen molar-refractivity contribution in [2.24, 2.45) is 5.92 Å². The highest BCUT2D eigenvalue weighted by atomic mass is 32.2. The van der Waals surface area contributed by atoms with Gasteiger partial charge < -0.3 is 14.9 Å². The third-order valence-electron chi connectivity index (χ3n) is 5.28. The predicted octanol–water partition coefficient (Wildman–Crippen LogP) is 2.49. The molecule has 27 heavy (non-hydrogen) atoms. The SMILES string of the molecule is COc1ccc(SCC(CCCN2CC(C)(O)[N+](C)(C)C2=O)C(=O)O)cc1. The number of carboxylic acid groups (broad SMARTS) is 1. The van der Waals surface area contributed by atoms with E-state index in [-0.39, 0.29) is 17.1 Å². The largest absolute Gasteiger partial charge is 0.497 e. The molecule has 2 N–H and O–H groups in total. The molecule has 0 spiro atoms. The normalized spacial score (nSPS) is 22.7. The number of hydrogen-bond acceptors (Lipinski definition) is 5. The number of hydrogen-bond donors (Lipinski definition) is 2. The zero-order valence-electron chi connectivity index (χ0n) is 16.3. The minimum atomic E-state index is -1.13. The number of rotatable bonds is 9. The number of carboxylic acids is 1. The Hall–Kier alpha value is -1.77. The first-order chi connectivity index (χ1) is 12.6.